The molecule has 0 radical (unpaired) electrons. The van der Waals surface area contributed by atoms with Crippen LogP contribution in [-0.2, 0) is 4.79 Å². The molecule has 1 aliphatic heterocycles. The lowest BCUT2D eigenvalue weighted by Crippen LogP contribution is -2.52. The molecule has 1 atom stereocenters. The van der Waals surface area contributed by atoms with E-state index in [1.807, 2.05) is 18.7 Å². The van der Waals surface area contributed by atoms with Crippen molar-refractivity contribution >= 4 is 35.0 Å². The average molecular weight is 475 g/mol. The first kappa shape index (κ1) is 24.7. The molecule has 0 aliphatic carbocycles. The van der Waals surface area contributed by atoms with Gasteiger partial charge in [0.1, 0.15) is 23.5 Å². The van der Waals surface area contributed by atoms with Crippen molar-refractivity contribution in [2.75, 3.05) is 31.1 Å². The first-order valence-corrected chi connectivity index (χ1v) is 10.8. The van der Waals surface area contributed by atoms with Gasteiger partial charge < -0.3 is 20.0 Å². The molecule has 1 amide bonds. The number of phenolic OH excluding ortho intramolecular Hbond substituents is 1. The molecule has 4 rings (SSSR count). The monoisotopic (exact) mass is 474 g/mol. The Bertz CT molecular complexity index is 1140. The lowest BCUT2D eigenvalue weighted by atomic mass is 10.0. The van der Waals surface area contributed by atoms with Crippen molar-refractivity contribution in [1.29, 1.82) is 0 Å². The van der Waals surface area contributed by atoms with Crippen LogP contribution in [0.2, 0.25) is 0 Å². The van der Waals surface area contributed by atoms with Crippen LogP contribution in [0.15, 0.2) is 42.5 Å². The Balaban J connectivity index is 0.00000306. The van der Waals surface area contributed by atoms with Crippen molar-refractivity contribution in [3.8, 4) is 17.1 Å². The number of benzene rings is 2. The summed E-state index contributed by atoms with van der Waals surface area (Å²) in [5.41, 5.74) is 1.06. The van der Waals surface area contributed by atoms with E-state index in [0.717, 1.165) is 0 Å². The topological polar surface area (TPSA) is 89.8 Å². The zero-order valence-corrected chi connectivity index (χ0v) is 19.4. The number of para-hydroxylation sites is 1. The predicted molar refractivity (Wildman–Crippen MR) is 128 cm³/mol. The van der Waals surface area contributed by atoms with Crippen LogP contribution in [0, 0.1) is 11.7 Å². The number of nitrogens with zero attached hydrogens (tertiary/aromatic N) is 4. The summed E-state index contributed by atoms with van der Waals surface area (Å²) in [5.74, 6) is 0.556. The Morgan fingerprint density at radius 1 is 1.09 bits per heavy atom. The molecule has 1 fully saturated rings. The molecule has 2 heterocycles. The standard InChI is InChI=1S/C24H27FN4O3.ClH/c1-15(2)13-21(31)24(32)29-11-9-28(10-12-29)23-18-14-16(25)7-8-19(18)26-22(27-23)17-5-3-4-6-20(17)30;/h3-8,14-15,21,30-31H,9-13H2,1-2H3;1H. The Morgan fingerprint density at radius 2 is 1.79 bits per heavy atom. The Morgan fingerprint density at radius 3 is 2.45 bits per heavy atom. The number of aliphatic hydroxyl groups excluding tert-OH is 1. The number of aromatic nitrogens is 2. The first-order valence-electron chi connectivity index (χ1n) is 10.8. The highest BCUT2D eigenvalue weighted by Gasteiger charge is 2.28. The molecular weight excluding hydrogens is 447 g/mol. The highest BCUT2D eigenvalue weighted by molar-refractivity contribution is 5.91. The van der Waals surface area contributed by atoms with E-state index in [-0.39, 0.29) is 35.8 Å². The molecule has 3 aromatic rings. The number of amides is 1. The van der Waals surface area contributed by atoms with E-state index in [1.54, 1.807) is 35.2 Å². The third-order valence-corrected chi connectivity index (χ3v) is 5.65. The second kappa shape index (κ2) is 10.3. The van der Waals surface area contributed by atoms with Gasteiger partial charge >= 0.3 is 0 Å². The Hall–Kier alpha value is -2.97. The number of carbonyl (C=O) groups excluding carboxylic acids is 1. The van der Waals surface area contributed by atoms with Crippen molar-refractivity contribution in [2.45, 2.75) is 26.4 Å². The molecular formula is C24H28ClFN4O3. The lowest BCUT2D eigenvalue weighted by Gasteiger charge is -2.37. The van der Waals surface area contributed by atoms with E-state index in [4.69, 9.17) is 0 Å². The molecule has 33 heavy (non-hydrogen) atoms. The van der Waals surface area contributed by atoms with Crippen molar-refractivity contribution in [3.63, 3.8) is 0 Å². The number of anilines is 1. The van der Waals surface area contributed by atoms with Crippen LogP contribution in [0.25, 0.3) is 22.3 Å². The first-order chi connectivity index (χ1) is 15.3. The highest BCUT2D eigenvalue weighted by Crippen LogP contribution is 2.32. The van der Waals surface area contributed by atoms with Gasteiger partial charge in [0.15, 0.2) is 5.82 Å². The maximum absolute atomic E-state index is 14.0. The molecule has 0 spiro atoms. The van der Waals surface area contributed by atoms with Crippen LogP contribution in [0.4, 0.5) is 10.2 Å². The molecule has 176 valence electrons. The van der Waals surface area contributed by atoms with Crippen molar-refractivity contribution in [3.05, 3.63) is 48.3 Å². The van der Waals surface area contributed by atoms with Crippen LogP contribution in [0.5, 0.6) is 5.75 Å². The second-order valence-corrected chi connectivity index (χ2v) is 8.51. The van der Waals surface area contributed by atoms with E-state index in [2.05, 4.69) is 9.97 Å². The van der Waals surface area contributed by atoms with Gasteiger partial charge in [-0.1, -0.05) is 26.0 Å². The summed E-state index contributed by atoms with van der Waals surface area (Å²) in [6.07, 6.45) is -0.568. The van der Waals surface area contributed by atoms with Crippen LogP contribution >= 0.6 is 12.4 Å². The third kappa shape index (κ3) is 5.34. The van der Waals surface area contributed by atoms with Gasteiger partial charge in [0.05, 0.1) is 11.1 Å². The van der Waals surface area contributed by atoms with Crippen molar-refractivity contribution in [1.82, 2.24) is 14.9 Å². The fourth-order valence-electron chi connectivity index (χ4n) is 4.01. The van der Waals surface area contributed by atoms with Gasteiger partial charge in [-0.15, -0.1) is 12.4 Å². The number of carbonyl (C=O) groups is 1. The molecule has 2 aromatic carbocycles. The van der Waals surface area contributed by atoms with Gasteiger partial charge in [0, 0.05) is 31.6 Å². The number of hydrogen-bond acceptors (Lipinski definition) is 6. The van der Waals surface area contributed by atoms with E-state index in [0.29, 0.717) is 60.7 Å². The molecule has 0 bridgehead atoms. The largest absolute Gasteiger partial charge is 0.507 e. The second-order valence-electron chi connectivity index (χ2n) is 8.51. The van der Waals surface area contributed by atoms with E-state index in [1.165, 1.54) is 12.1 Å². The zero-order chi connectivity index (χ0) is 22.8. The lowest BCUT2D eigenvalue weighted by molar-refractivity contribution is -0.141. The van der Waals surface area contributed by atoms with Crippen LogP contribution < -0.4 is 4.90 Å². The summed E-state index contributed by atoms with van der Waals surface area (Å²) in [6.45, 7) is 5.78. The van der Waals surface area contributed by atoms with Crippen molar-refractivity contribution in [2.24, 2.45) is 5.92 Å². The fourth-order valence-corrected chi connectivity index (χ4v) is 4.01. The van der Waals surface area contributed by atoms with E-state index < -0.39 is 6.10 Å². The summed E-state index contributed by atoms with van der Waals surface area (Å²) in [7, 11) is 0. The summed E-state index contributed by atoms with van der Waals surface area (Å²) in [6, 6.07) is 11.2. The number of halogens is 2. The van der Waals surface area contributed by atoms with Crippen molar-refractivity contribution < 1.29 is 19.4 Å². The smallest absolute Gasteiger partial charge is 0.251 e. The zero-order valence-electron chi connectivity index (χ0n) is 18.6. The van der Waals surface area contributed by atoms with Gasteiger partial charge in [-0.3, -0.25) is 4.79 Å². The molecule has 1 saturated heterocycles. The number of fused-ring (bicyclic) bond motifs is 1. The number of rotatable bonds is 5. The van der Waals surface area contributed by atoms with Gasteiger partial charge in [0.25, 0.3) is 5.91 Å². The summed E-state index contributed by atoms with van der Waals surface area (Å²) in [4.78, 5) is 25.4. The number of piperazine rings is 1. The fraction of sp³-hybridized carbons (Fsp3) is 0.375. The molecule has 9 heteroatoms. The maximum Gasteiger partial charge on any atom is 0.251 e. The number of hydrogen-bond donors (Lipinski definition) is 2. The van der Waals surface area contributed by atoms with E-state index in [9.17, 15) is 19.4 Å². The maximum atomic E-state index is 14.0. The van der Waals surface area contributed by atoms with Gasteiger partial charge in [-0.05, 0) is 42.7 Å². The van der Waals surface area contributed by atoms with Gasteiger partial charge in [0.2, 0.25) is 0 Å². The Labute approximate surface area is 198 Å². The molecule has 1 aromatic heterocycles. The number of aromatic hydroxyl groups is 1. The van der Waals surface area contributed by atoms with Gasteiger partial charge in [-0.25, -0.2) is 14.4 Å². The van der Waals surface area contributed by atoms with Crippen LogP contribution in [0.3, 0.4) is 0 Å². The molecule has 1 aliphatic rings. The van der Waals surface area contributed by atoms with Crippen LogP contribution in [-0.4, -0.2) is 63.3 Å². The van der Waals surface area contributed by atoms with E-state index >= 15 is 0 Å². The van der Waals surface area contributed by atoms with Gasteiger partial charge in [-0.2, -0.15) is 0 Å². The third-order valence-electron chi connectivity index (χ3n) is 5.65. The quantitative estimate of drug-likeness (QED) is 0.587. The Kier molecular flexibility index (Phi) is 7.71. The normalized spacial score (nSPS) is 14.9. The number of aliphatic hydroxyl groups is 1. The average Bonchev–Trinajstić information content (AvgIpc) is 2.78. The molecule has 1 unspecified atom stereocenters. The minimum absolute atomic E-state index is 0. The predicted octanol–water partition coefficient (Wildman–Crippen LogP) is 3.62. The molecule has 7 nitrogen and oxygen atoms in total. The SMILES string of the molecule is CC(C)CC(O)C(=O)N1CCN(c2nc(-c3ccccc3O)nc3ccc(F)cc23)CC1.Cl. The molecule has 0 saturated carbocycles. The van der Waals surface area contributed by atoms with Crippen LogP contribution in [0.1, 0.15) is 20.3 Å². The molecule has 2 N–H and O–H groups in total. The minimum Gasteiger partial charge on any atom is -0.507 e. The summed E-state index contributed by atoms with van der Waals surface area (Å²) >= 11 is 0. The highest BCUT2D eigenvalue weighted by atomic mass is 35.5. The minimum atomic E-state index is -0.997. The summed E-state index contributed by atoms with van der Waals surface area (Å²) < 4.78 is 14.0. The summed E-state index contributed by atoms with van der Waals surface area (Å²) in [5, 5.41) is 21.0. The number of phenols is 1.